The van der Waals surface area contributed by atoms with E-state index in [-0.39, 0.29) is 0 Å². The largest absolute Gasteiger partial charge is 0.312 e. The van der Waals surface area contributed by atoms with E-state index < -0.39 is 11.6 Å². The van der Waals surface area contributed by atoms with Gasteiger partial charge in [0.05, 0.1) is 5.69 Å². The molecule has 0 spiro atoms. The lowest BCUT2D eigenvalue weighted by Crippen LogP contribution is -2.19. The van der Waals surface area contributed by atoms with Gasteiger partial charge in [-0.15, -0.1) is 11.3 Å². The zero-order chi connectivity index (χ0) is 13.4. The third-order valence-corrected chi connectivity index (χ3v) is 4.71. The minimum absolute atomic E-state index is 0.304. The molecule has 1 atom stereocenters. The molecule has 0 saturated heterocycles. The van der Waals surface area contributed by atoms with Crippen LogP contribution in [0.15, 0.2) is 18.2 Å². The Hall–Kier alpha value is -1.33. The average Bonchev–Trinajstić information content (AvgIpc) is 2.81. The second-order valence-electron chi connectivity index (χ2n) is 4.69. The lowest BCUT2D eigenvalue weighted by Gasteiger charge is -2.19. The molecule has 0 saturated carbocycles. The molecule has 0 radical (unpaired) electrons. The van der Waals surface area contributed by atoms with E-state index in [1.165, 1.54) is 28.3 Å². The predicted molar refractivity (Wildman–Crippen MR) is 72.2 cm³/mol. The van der Waals surface area contributed by atoms with Crippen LogP contribution < -0.4 is 5.32 Å². The number of nitrogens with zero attached hydrogens (tertiary/aromatic N) is 1. The fourth-order valence-corrected chi connectivity index (χ4v) is 3.76. The molecule has 1 aliphatic carbocycles. The number of benzene rings is 1. The fourth-order valence-electron chi connectivity index (χ4n) is 2.47. The van der Waals surface area contributed by atoms with Crippen molar-refractivity contribution in [2.45, 2.75) is 25.3 Å². The molecular weight excluding hydrogens is 266 g/mol. The normalized spacial score (nSPS) is 18.4. The van der Waals surface area contributed by atoms with E-state index in [0.717, 1.165) is 31.0 Å². The summed E-state index contributed by atoms with van der Waals surface area (Å²) in [5, 5.41) is 3.91. The molecule has 1 aliphatic rings. The summed E-state index contributed by atoms with van der Waals surface area (Å²) in [5.41, 5.74) is 1.44. The van der Waals surface area contributed by atoms with Gasteiger partial charge in [-0.1, -0.05) is 0 Å². The maximum Gasteiger partial charge on any atom is 0.136 e. The van der Waals surface area contributed by atoms with E-state index in [4.69, 9.17) is 0 Å². The summed E-state index contributed by atoms with van der Waals surface area (Å²) in [4.78, 5) is 5.71. The van der Waals surface area contributed by atoms with Gasteiger partial charge in [-0.25, -0.2) is 13.8 Å². The summed E-state index contributed by atoms with van der Waals surface area (Å²) in [5.74, 6) is -1.11. The third kappa shape index (κ3) is 2.28. The first-order valence-corrected chi connectivity index (χ1v) is 7.13. The van der Waals surface area contributed by atoms with Crippen LogP contribution in [0.5, 0.6) is 0 Å². The number of fused-ring (bicyclic) bond motifs is 1. The molecule has 2 aromatic rings. The Morgan fingerprint density at radius 1 is 1.37 bits per heavy atom. The highest BCUT2D eigenvalue weighted by Crippen LogP contribution is 2.38. The van der Waals surface area contributed by atoms with Gasteiger partial charge in [-0.3, -0.25) is 0 Å². The molecule has 1 aromatic carbocycles. The maximum atomic E-state index is 13.8. The highest BCUT2D eigenvalue weighted by molar-refractivity contribution is 7.15. The van der Waals surface area contributed by atoms with E-state index >= 15 is 0 Å². The summed E-state index contributed by atoms with van der Waals surface area (Å²) in [6, 6.07) is 3.95. The first kappa shape index (κ1) is 12.7. The van der Waals surface area contributed by atoms with E-state index in [9.17, 15) is 8.78 Å². The van der Waals surface area contributed by atoms with Crippen LogP contribution in [0.3, 0.4) is 0 Å². The predicted octanol–water partition coefficient (Wildman–Crippen LogP) is 3.69. The van der Waals surface area contributed by atoms with Crippen LogP contribution in [0.2, 0.25) is 0 Å². The number of hydrogen-bond acceptors (Lipinski definition) is 3. The number of nitrogens with one attached hydrogen (secondary N) is 1. The zero-order valence-electron chi connectivity index (χ0n) is 10.5. The van der Waals surface area contributed by atoms with Crippen molar-refractivity contribution in [1.29, 1.82) is 0 Å². The quantitative estimate of drug-likeness (QED) is 0.907. The van der Waals surface area contributed by atoms with Crippen LogP contribution in [-0.2, 0) is 6.42 Å². The van der Waals surface area contributed by atoms with E-state index in [0.29, 0.717) is 16.6 Å². The van der Waals surface area contributed by atoms with Gasteiger partial charge in [0.1, 0.15) is 16.6 Å². The van der Waals surface area contributed by atoms with Crippen LogP contribution in [0.4, 0.5) is 8.78 Å². The monoisotopic (exact) mass is 280 g/mol. The molecule has 3 rings (SSSR count). The number of aromatic nitrogens is 1. The number of hydrogen-bond donors (Lipinski definition) is 1. The first-order chi connectivity index (χ1) is 9.19. The molecule has 1 heterocycles. The zero-order valence-corrected chi connectivity index (χ0v) is 11.4. The maximum absolute atomic E-state index is 13.8. The Morgan fingerprint density at radius 2 is 2.21 bits per heavy atom. The first-order valence-electron chi connectivity index (χ1n) is 6.31. The number of halogens is 2. The second kappa shape index (κ2) is 4.98. The van der Waals surface area contributed by atoms with Crippen molar-refractivity contribution in [2.24, 2.45) is 0 Å². The molecule has 2 nitrogen and oxygen atoms in total. The number of aryl methyl sites for hydroxylation is 1. The lowest BCUT2D eigenvalue weighted by molar-refractivity contribution is 0.501. The SMILES string of the molecule is CNC1CCCc2nc(-c3ccc(F)cc3F)sc21. The Labute approximate surface area is 114 Å². The van der Waals surface area contributed by atoms with Gasteiger partial charge in [0, 0.05) is 22.5 Å². The van der Waals surface area contributed by atoms with Crippen LogP contribution in [0.25, 0.3) is 10.6 Å². The van der Waals surface area contributed by atoms with Crippen molar-refractivity contribution >= 4 is 11.3 Å². The standard InChI is InChI=1S/C14H14F2N2S/c1-17-11-3-2-4-12-13(11)19-14(18-12)9-6-5-8(15)7-10(9)16/h5-7,11,17H,2-4H2,1H3. The summed E-state index contributed by atoms with van der Waals surface area (Å²) >= 11 is 1.51. The fraction of sp³-hybridized carbons (Fsp3) is 0.357. The molecule has 0 fully saturated rings. The second-order valence-corrected chi connectivity index (χ2v) is 5.72. The molecule has 5 heteroatoms. The van der Waals surface area contributed by atoms with Gasteiger partial charge in [0.2, 0.25) is 0 Å². The van der Waals surface area contributed by atoms with Gasteiger partial charge in [0.15, 0.2) is 0 Å². The molecule has 100 valence electrons. The van der Waals surface area contributed by atoms with Gasteiger partial charge in [-0.2, -0.15) is 0 Å². The highest BCUT2D eigenvalue weighted by atomic mass is 32.1. The summed E-state index contributed by atoms with van der Waals surface area (Å²) in [6.45, 7) is 0. The van der Waals surface area contributed by atoms with Crippen LogP contribution in [0.1, 0.15) is 29.5 Å². The molecule has 19 heavy (non-hydrogen) atoms. The van der Waals surface area contributed by atoms with E-state index in [1.54, 1.807) is 0 Å². The van der Waals surface area contributed by atoms with Crippen LogP contribution >= 0.6 is 11.3 Å². The van der Waals surface area contributed by atoms with Gasteiger partial charge in [0.25, 0.3) is 0 Å². The van der Waals surface area contributed by atoms with Crippen molar-refractivity contribution in [1.82, 2.24) is 10.3 Å². The van der Waals surface area contributed by atoms with Crippen molar-refractivity contribution < 1.29 is 8.78 Å². The van der Waals surface area contributed by atoms with Crippen LogP contribution in [0, 0.1) is 11.6 Å². The molecule has 0 aliphatic heterocycles. The van der Waals surface area contributed by atoms with Crippen molar-refractivity contribution in [3.8, 4) is 10.6 Å². The van der Waals surface area contributed by atoms with Crippen molar-refractivity contribution in [2.75, 3.05) is 7.05 Å². The van der Waals surface area contributed by atoms with Crippen LogP contribution in [-0.4, -0.2) is 12.0 Å². The molecule has 0 amide bonds. The Balaban J connectivity index is 2.05. The van der Waals surface area contributed by atoms with Gasteiger partial charge >= 0.3 is 0 Å². The van der Waals surface area contributed by atoms with Gasteiger partial charge < -0.3 is 5.32 Å². The number of thiazole rings is 1. The molecular formula is C14H14F2N2S. The third-order valence-electron chi connectivity index (χ3n) is 3.46. The Kier molecular flexibility index (Phi) is 3.33. The number of rotatable bonds is 2. The molecule has 1 unspecified atom stereocenters. The molecule has 1 N–H and O–H groups in total. The summed E-state index contributed by atoms with van der Waals surface area (Å²) in [7, 11) is 1.93. The molecule has 1 aromatic heterocycles. The highest BCUT2D eigenvalue weighted by Gasteiger charge is 2.24. The smallest absolute Gasteiger partial charge is 0.136 e. The minimum atomic E-state index is -0.560. The lowest BCUT2D eigenvalue weighted by atomic mass is 9.98. The summed E-state index contributed by atoms with van der Waals surface area (Å²) < 4.78 is 26.7. The minimum Gasteiger partial charge on any atom is -0.312 e. The van der Waals surface area contributed by atoms with Gasteiger partial charge in [-0.05, 0) is 38.4 Å². The van der Waals surface area contributed by atoms with E-state index in [1.807, 2.05) is 7.05 Å². The topological polar surface area (TPSA) is 24.9 Å². The van der Waals surface area contributed by atoms with Crippen molar-refractivity contribution in [3.63, 3.8) is 0 Å². The molecule has 0 bridgehead atoms. The Bertz CT molecular complexity index is 609. The summed E-state index contributed by atoms with van der Waals surface area (Å²) in [6.07, 6.45) is 3.11. The van der Waals surface area contributed by atoms with Crippen molar-refractivity contribution in [3.05, 3.63) is 40.4 Å². The van der Waals surface area contributed by atoms with E-state index in [2.05, 4.69) is 10.3 Å². The Morgan fingerprint density at radius 3 is 2.95 bits per heavy atom. The average molecular weight is 280 g/mol.